The molecule has 15 aromatic rings. The molecule has 4 bridgehead atoms. The molecule has 0 unspecified atom stereocenters. The summed E-state index contributed by atoms with van der Waals surface area (Å²) >= 11 is 0. The molecule has 6 aliphatic rings. The maximum absolute atomic E-state index is 11.8. The summed E-state index contributed by atoms with van der Waals surface area (Å²) in [4.78, 5) is 4.54. The van der Waals surface area contributed by atoms with Crippen molar-refractivity contribution >= 4 is 81.9 Å². The summed E-state index contributed by atoms with van der Waals surface area (Å²) in [6.45, 7) is 37.2. The number of nitriles is 1. The maximum Gasteiger partial charge on any atom is 0.193 e. The zero-order valence-corrected chi connectivity index (χ0v) is 55.6. The molecule has 0 fully saturated rings. The first-order chi connectivity index (χ1) is 46.4. The lowest BCUT2D eigenvalue weighted by Crippen LogP contribution is -2.28. The molecule has 11 aromatic carbocycles. The molecule has 4 heterocycles. The molecular formula is C90H74N4. The molecule has 0 saturated carbocycles. The van der Waals surface area contributed by atoms with Crippen molar-refractivity contribution in [2.45, 2.75) is 142 Å². The lowest BCUT2D eigenvalue weighted by Gasteiger charge is -2.43. The van der Waals surface area contributed by atoms with Crippen LogP contribution in [0.5, 0.6) is 0 Å². The molecule has 454 valence electrons. The average molecular weight is 1210 g/mol. The Morgan fingerprint density at radius 1 is 0.383 bits per heavy atom. The number of fused-ring (bicyclic) bond motifs is 13. The van der Waals surface area contributed by atoms with Gasteiger partial charge in [-0.1, -0.05) is 204 Å². The van der Waals surface area contributed by atoms with Crippen LogP contribution in [-0.4, -0.2) is 8.80 Å². The van der Waals surface area contributed by atoms with E-state index in [4.69, 9.17) is 0 Å². The highest BCUT2D eigenvalue weighted by molar-refractivity contribution is 6.37. The normalized spacial score (nSPS) is 17.1. The molecule has 0 amide bonds. The molecule has 0 atom stereocenters. The van der Waals surface area contributed by atoms with Gasteiger partial charge in [0.2, 0.25) is 0 Å². The second kappa shape index (κ2) is 19.3. The van der Waals surface area contributed by atoms with E-state index in [1.807, 2.05) is 0 Å². The Hall–Kier alpha value is -10.0. The molecule has 4 aromatic heterocycles. The Morgan fingerprint density at radius 2 is 0.691 bits per heavy atom. The molecular weight excluding hydrogens is 1140 g/mol. The largest absolute Gasteiger partial charge is 0.309 e. The fourth-order valence-electron chi connectivity index (χ4n) is 19.2. The molecule has 4 heteroatoms. The van der Waals surface area contributed by atoms with Crippen LogP contribution in [0.2, 0.25) is 0 Å². The van der Waals surface area contributed by atoms with Gasteiger partial charge in [-0.15, -0.1) is 0 Å². The van der Waals surface area contributed by atoms with E-state index in [-0.39, 0.29) is 59.4 Å². The van der Waals surface area contributed by atoms with E-state index in [0.29, 0.717) is 34.1 Å². The highest BCUT2D eigenvalue weighted by Gasteiger charge is 2.47. The molecule has 0 aliphatic heterocycles. The molecule has 21 rings (SSSR count). The molecule has 4 nitrogen and oxygen atoms in total. The second-order valence-corrected chi connectivity index (χ2v) is 30.0. The molecule has 94 heavy (non-hydrogen) atoms. The van der Waals surface area contributed by atoms with Gasteiger partial charge in [0.1, 0.15) is 0 Å². The first-order valence-electron chi connectivity index (χ1n) is 35.5. The van der Waals surface area contributed by atoms with Gasteiger partial charge < -0.3 is 8.80 Å². The fraction of sp³-hybridized carbons (Fsp3) is 0.244. The Morgan fingerprint density at radius 3 is 1.01 bits per heavy atom. The third kappa shape index (κ3) is 6.91. The molecule has 0 radical (unpaired) electrons. The van der Waals surface area contributed by atoms with Crippen LogP contribution in [0.15, 0.2) is 170 Å². The van der Waals surface area contributed by atoms with E-state index in [2.05, 4.69) is 261 Å². The quantitative estimate of drug-likeness (QED) is 0.140. The van der Waals surface area contributed by atoms with Gasteiger partial charge in [0.15, 0.2) is 5.69 Å². The minimum atomic E-state index is -0.136. The topological polar surface area (TPSA) is 37.0 Å². The minimum Gasteiger partial charge on any atom is -0.309 e. The van der Waals surface area contributed by atoms with Crippen LogP contribution in [0.25, 0.3) is 103 Å². The first kappa shape index (κ1) is 53.5. The maximum atomic E-state index is 11.8. The highest BCUT2D eigenvalue weighted by atomic mass is 14.9. The van der Waals surface area contributed by atoms with Crippen molar-refractivity contribution in [1.82, 2.24) is 8.80 Å². The zero-order valence-electron chi connectivity index (χ0n) is 57.6. The van der Waals surface area contributed by atoms with Crippen molar-refractivity contribution in [2.24, 2.45) is 0 Å². The van der Waals surface area contributed by atoms with E-state index in [1.54, 1.807) is 0 Å². The Balaban J connectivity index is 1.05. The lowest BCUT2D eigenvalue weighted by atomic mass is 9.59. The lowest BCUT2D eigenvalue weighted by molar-refractivity contribution is 0.759. The number of benzene rings is 11. The van der Waals surface area contributed by atoms with Gasteiger partial charge in [-0.3, -0.25) is 0 Å². The summed E-state index contributed by atoms with van der Waals surface area (Å²) in [6, 6.07) is 62.9. The van der Waals surface area contributed by atoms with Crippen molar-refractivity contribution in [3.05, 3.63) is 287 Å². The Kier molecular flexibility index (Phi) is 11.0. The number of rotatable bonds is 8. The summed E-state index contributed by atoms with van der Waals surface area (Å²) in [5.41, 5.74) is 34.0. The van der Waals surface area contributed by atoms with Crippen molar-refractivity contribution in [3.63, 3.8) is 0 Å². The van der Waals surface area contributed by atoms with Crippen LogP contribution in [0.1, 0.15) is 251 Å². The fourth-order valence-corrected chi connectivity index (χ4v) is 19.2. The number of aromatic nitrogens is 2. The van der Waals surface area contributed by atoms with Crippen LogP contribution in [0.3, 0.4) is 0 Å². The van der Waals surface area contributed by atoms with E-state index >= 15 is 0 Å². The van der Waals surface area contributed by atoms with E-state index in [1.165, 1.54) is 100 Å². The van der Waals surface area contributed by atoms with Gasteiger partial charge in [0.25, 0.3) is 0 Å². The van der Waals surface area contributed by atoms with Crippen molar-refractivity contribution in [1.29, 1.82) is 5.26 Å². The number of hydrogen-bond acceptors (Lipinski definition) is 1. The SMILES string of the molecule is [2H]c1c([2H])c2c(c3cc(-c4c(C(C)C)cc(C(C)C)cc4C(C)C)cc4c5c6c(c([N+]#[C-])cc5n2c43)C2c3ccccc3C6c3ccccc32)c2c3cc(-c4c(C(C)C)cc(C(C)C)cc4C(C)C)cc4c5c6c(c(C#N)cc5n(c12)c43)C1c2ccccc2C6c2ccccc21. The van der Waals surface area contributed by atoms with Crippen LogP contribution in [-0.2, 0) is 0 Å². The standard InChI is InChI=1S/C90H74N4/c1-43(2)49-32-62(45(5)6)75(63(33-49)46(7)8)51-36-66-82-71(93-73-40-53(42-91)77-78-54-22-14-18-26-58(54)80(59-27-19-15-23-55(59)78)87(77)84(73)68(38-51)89(66)93)30-31-72-83(82)67-37-52(76-64(47(9)10)34-50(44(3)4)35-65(76)48(11)12)39-69-85-74(94(72)90(67)69)41-70(92-13)86-79-56-24-16-20-28-60(56)81(88(85)86)61-29-21-17-25-57(61)79/h14-41,43-48,78-81H,1-12H3/i30D,31D. The third-order valence-electron chi connectivity index (χ3n) is 23.2. The third-order valence-corrected chi connectivity index (χ3v) is 23.2. The predicted octanol–water partition coefficient (Wildman–Crippen LogP) is 24.5. The minimum absolute atomic E-state index is 0.124. The Labute approximate surface area is 553 Å². The van der Waals surface area contributed by atoms with Crippen molar-refractivity contribution in [2.75, 3.05) is 0 Å². The van der Waals surface area contributed by atoms with Crippen LogP contribution in [0, 0.1) is 17.9 Å². The first-order valence-corrected chi connectivity index (χ1v) is 34.5. The van der Waals surface area contributed by atoms with Gasteiger partial charge in [0.05, 0.1) is 48.5 Å². The van der Waals surface area contributed by atoms with Crippen LogP contribution in [0.4, 0.5) is 5.69 Å². The van der Waals surface area contributed by atoms with E-state index < -0.39 is 0 Å². The summed E-state index contributed by atoms with van der Waals surface area (Å²) in [5.74, 6) is 0.972. The van der Waals surface area contributed by atoms with Gasteiger partial charge in [-0.2, -0.15) is 5.26 Å². The predicted molar refractivity (Wildman–Crippen MR) is 392 cm³/mol. The highest BCUT2D eigenvalue weighted by Crippen LogP contribution is 2.64. The van der Waals surface area contributed by atoms with Crippen LogP contribution < -0.4 is 0 Å². The molecule has 6 aliphatic carbocycles. The number of nitrogens with zero attached hydrogens (tertiary/aromatic N) is 4. The van der Waals surface area contributed by atoms with Gasteiger partial charge in [-0.25, -0.2) is 4.85 Å². The average Bonchev–Trinajstić information content (AvgIpc) is 1.49. The molecule has 0 N–H and O–H groups in total. The van der Waals surface area contributed by atoms with Gasteiger partial charge in [-0.05, 0) is 206 Å². The number of hydrogen-bond donors (Lipinski definition) is 0. The summed E-state index contributed by atoms with van der Waals surface area (Å²) < 4.78 is 26.7. The molecule has 0 spiro atoms. The van der Waals surface area contributed by atoms with E-state index in [9.17, 15) is 14.6 Å². The smallest absolute Gasteiger partial charge is 0.193 e. The summed E-state index contributed by atoms with van der Waals surface area (Å²) in [5, 5.41) is 20.2. The van der Waals surface area contributed by atoms with E-state index in [0.717, 1.165) is 87.4 Å². The monoisotopic (exact) mass is 1210 g/mol. The summed E-state index contributed by atoms with van der Waals surface area (Å²) in [7, 11) is 0. The van der Waals surface area contributed by atoms with Crippen molar-refractivity contribution < 1.29 is 2.74 Å². The van der Waals surface area contributed by atoms with Gasteiger partial charge >= 0.3 is 0 Å². The summed E-state index contributed by atoms with van der Waals surface area (Å²) in [6.07, 6.45) is 0. The van der Waals surface area contributed by atoms with Gasteiger partial charge in [0, 0.05) is 72.3 Å². The van der Waals surface area contributed by atoms with Crippen LogP contribution >= 0.6 is 0 Å². The second-order valence-electron chi connectivity index (χ2n) is 30.0. The van der Waals surface area contributed by atoms with Crippen molar-refractivity contribution in [3.8, 4) is 28.3 Å². The molecule has 0 saturated heterocycles. The Bertz CT molecular complexity index is 5600. The zero-order chi connectivity index (χ0) is 65.8.